The number of benzene rings is 1. The molecule has 0 amide bonds. The first-order valence-electron chi connectivity index (χ1n) is 6.00. The first kappa shape index (κ1) is 17.2. The summed E-state index contributed by atoms with van der Waals surface area (Å²) in [6, 6.07) is 2.98. The molecule has 0 unspecified atom stereocenters. The van der Waals surface area contributed by atoms with Gasteiger partial charge in [0.2, 0.25) is 0 Å². The van der Waals surface area contributed by atoms with Crippen LogP contribution < -0.4 is 0 Å². The lowest BCUT2D eigenvalue weighted by Gasteiger charge is -2.06. The van der Waals surface area contributed by atoms with E-state index in [-0.39, 0.29) is 16.6 Å². The number of Topliss-reactive ketones (excluding diaryl/α,β-unsaturated/α-hetero) is 1. The lowest BCUT2D eigenvalue weighted by Crippen LogP contribution is -2.02. The Labute approximate surface area is 119 Å². The average Bonchev–Trinajstić information content (AvgIpc) is 2.43. The van der Waals surface area contributed by atoms with E-state index in [1.165, 1.54) is 18.2 Å². The third-order valence-corrected chi connectivity index (χ3v) is 2.77. The van der Waals surface area contributed by atoms with Crippen molar-refractivity contribution in [2.75, 3.05) is 0 Å². The largest absolute Gasteiger partial charge is 0.506 e. The number of hydrogen-bond acceptors (Lipinski definition) is 2. The molecule has 1 aromatic carbocycles. The normalized spacial score (nSPS) is 10.2. The van der Waals surface area contributed by atoms with Gasteiger partial charge in [-0.3, -0.25) is 4.79 Å². The number of aryl methyl sites for hydroxylation is 1. The minimum absolute atomic E-state index is 0.1000. The van der Waals surface area contributed by atoms with Crippen LogP contribution in [0, 0.1) is 6.92 Å². The molecule has 0 aliphatic carbocycles. The van der Waals surface area contributed by atoms with Crippen molar-refractivity contribution < 1.29 is 9.90 Å². The number of ketones is 1. The molecule has 0 radical (unpaired) electrons. The molecule has 0 heterocycles. The van der Waals surface area contributed by atoms with Gasteiger partial charge in [0, 0.05) is 11.1 Å². The third kappa shape index (κ3) is 4.42. The number of carbonyl (C=O) groups is 1. The van der Waals surface area contributed by atoms with Gasteiger partial charge in [0.1, 0.15) is 5.75 Å². The number of phenolic OH excluding ortho intramolecular Hbond substituents is 1. The molecule has 0 bridgehead atoms. The van der Waals surface area contributed by atoms with Crippen LogP contribution in [0.4, 0.5) is 0 Å². The molecule has 102 valence electrons. The van der Waals surface area contributed by atoms with Gasteiger partial charge in [0.15, 0.2) is 5.78 Å². The average molecular weight is 279 g/mol. The van der Waals surface area contributed by atoms with Gasteiger partial charge in [-0.15, -0.1) is 0 Å². The summed E-state index contributed by atoms with van der Waals surface area (Å²) in [6.07, 6.45) is 4.53. The number of halogens is 1. The maximum atomic E-state index is 12.0. The first-order chi connectivity index (χ1) is 9.01. The van der Waals surface area contributed by atoms with E-state index < -0.39 is 0 Å². The van der Waals surface area contributed by atoms with Crippen LogP contribution in [0.1, 0.15) is 29.8 Å². The predicted octanol–water partition coefficient (Wildman–Crippen LogP) is 4.86. The van der Waals surface area contributed by atoms with Crippen molar-refractivity contribution in [3.8, 4) is 5.75 Å². The Morgan fingerprint density at radius 2 is 1.89 bits per heavy atom. The molecule has 0 saturated heterocycles. The third-order valence-electron chi connectivity index (χ3n) is 2.28. The molecule has 1 rings (SSSR count). The summed E-state index contributed by atoms with van der Waals surface area (Å²) in [4.78, 5) is 12.0. The number of rotatable bonds is 4. The van der Waals surface area contributed by atoms with Crippen LogP contribution in [0.3, 0.4) is 0 Å². The highest BCUT2D eigenvalue weighted by molar-refractivity contribution is 6.33. The number of allylic oxidation sites excluding steroid dienone is 4. The molecule has 0 atom stereocenters. The molecule has 19 heavy (non-hydrogen) atoms. The Balaban J connectivity index is 0.00000154. The van der Waals surface area contributed by atoms with Crippen LogP contribution in [-0.4, -0.2) is 10.9 Å². The van der Waals surface area contributed by atoms with Crippen LogP contribution in [0.5, 0.6) is 5.75 Å². The monoisotopic (exact) mass is 278 g/mol. The summed E-state index contributed by atoms with van der Waals surface area (Å²) < 4.78 is 0. The van der Waals surface area contributed by atoms with E-state index in [9.17, 15) is 9.90 Å². The van der Waals surface area contributed by atoms with Crippen molar-refractivity contribution in [3.05, 3.63) is 65.2 Å². The molecule has 0 aliphatic rings. The number of carbonyl (C=O) groups excluding carboxylic acids is 1. The van der Waals surface area contributed by atoms with Crippen LogP contribution in [0.25, 0.3) is 0 Å². The second-order valence-electron chi connectivity index (χ2n) is 3.52. The summed E-state index contributed by atoms with van der Waals surface area (Å²) in [5, 5.41) is 9.82. The molecule has 0 spiro atoms. The van der Waals surface area contributed by atoms with E-state index in [1.807, 2.05) is 13.8 Å². The zero-order chi connectivity index (χ0) is 15.0. The maximum absolute atomic E-state index is 12.0. The lowest BCUT2D eigenvalue weighted by molar-refractivity contribution is 0.103. The van der Waals surface area contributed by atoms with Gasteiger partial charge in [-0.25, -0.2) is 0 Å². The Bertz CT molecular complexity index is 490. The zero-order valence-corrected chi connectivity index (χ0v) is 12.3. The zero-order valence-electron chi connectivity index (χ0n) is 11.5. The highest BCUT2D eigenvalue weighted by atomic mass is 35.5. The van der Waals surface area contributed by atoms with Gasteiger partial charge in [-0.2, -0.15) is 0 Å². The molecular formula is C16H19ClO2. The molecule has 0 saturated carbocycles. The SMILES string of the molecule is C=C/C=C(\C=C)C(=O)c1cc(C)c(Cl)c(O)c1.CC. The molecule has 0 aromatic heterocycles. The number of hydrogen-bond donors (Lipinski definition) is 1. The lowest BCUT2D eigenvalue weighted by atomic mass is 10.0. The van der Waals surface area contributed by atoms with Crippen molar-refractivity contribution in [3.63, 3.8) is 0 Å². The Kier molecular flexibility index (Phi) is 7.54. The molecule has 2 nitrogen and oxygen atoms in total. The summed E-state index contributed by atoms with van der Waals surface area (Å²) in [6.45, 7) is 12.8. The molecule has 3 heteroatoms. The molecular weight excluding hydrogens is 260 g/mol. The van der Waals surface area contributed by atoms with Gasteiger partial charge in [-0.1, -0.05) is 56.8 Å². The Morgan fingerprint density at radius 3 is 2.32 bits per heavy atom. The fraction of sp³-hybridized carbons (Fsp3) is 0.188. The number of aromatic hydroxyl groups is 1. The van der Waals surface area contributed by atoms with E-state index in [0.29, 0.717) is 16.7 Å². The van der Waals surface area contributed by atoms with E-state index in [4.69, 9.17) is 11.6 Å². The van der Waals surface area contributed by atoms with Crippen molar-refractivity contribution in [2.24, 2.45) is 0 Å². The maximum Gasteiger partial charge on any atom is 0.193 e. The van der Waals surface area contributed by atoms with Crippen LogP contribution >= 0.6 is 11.6 Å². The second kappa shape index (κ2) is 8.33. The first-order valence-corrected chi connectivity index (χ1v) is 6.38. The Hall–Kier alpha value is -1.80. The topological polar surface area (TPSA) is 37.3 Å². The highest BCUT2D eigenvalue weighted by Gasteiger charge is 2.13. The van der Waals surface area contributed by atoms with E-state index in [0.717, 1.165) is 0 Å². The Morgan fingerprint density at radius 1 is 1.32 bits per heavy atom. The smallest absolute Gasteiger partial charge is 0.193 e. The van der Waals surface area contributed by atoms with E-state index in [2.05, 4.69) is 13.2 Å². The van der Waals surface area contributed by atoms with Gasteiger partial charge in [0.25, 0.3) is 0 Å². The van der Waals surface area contributed by atoms with E-state index in [1.54, 1.807) is 19.1 Å². The fourth-order valence-electron chi connectivity index (χ4n) is 1.41. The summed E-state index contributed by atoms with van der Waals surface area (Å²) in [5.74, 6) is -0.327. The van der Waals surface area contributed by atoms with Crippen molar-refractivity contribution in [2.45, 2.75) is 20.8 Å². The highest BCUT2D eigenvalue weighted by Crippen LogP contribution is 2.29. The molecule has 1 N–H and O–H groups in total. The predicted molar refractivity (Wildman–Crippen MR) is 82.0 cm³/mol. The summed E-state index contributed by atoms with van der Waals surface area (Å²) in [7, 11) is 0. The number of phenols is 1. The molecule has 1 aromatic rings. The van der Waals surface area contributed by atoms with Gasteiger partial charge in [0.05, 0.1) is 5.02 Å². The van der Waals surface area contributed by atoms with E-state index >= 15 is 0 Å². The molecule has 0 aliphatic heterocycles. The van der Waals surface area contributed by atoms with Gasteiger partial charge in [-0.05, 0) is 24.6 Å². The summed E-state index contributed by atoms with van der Waals surface area (Å²) >= 11 is 5.82. The van der Waals surface area contributed by atoms with Crippen LogP contribution in [0.15, 0.2) is 49.1 Å². The van der Waals surface area contributed by atoms with Crippen LogP contribution in [-0.2, 0) is 0 Å². The minimum Gasteiger partial charge on any atom is -0.506 e. The fourth-order valence-corrected chi connectivity index (χ4v) is 1.52. The standard InChI is InChI=1S/C14H13ClO2.C2H6/c1-4-6-10(5-2)14(17)11-7-9(3)13(15)12(16)8-11;1-2/h4-8,16H,1-2H2,3H3;1-2H3/b10-6+;. The summed E-state index contributed by atoms with van der Waals surface area (Å²) in [5.41, 5.74) is 1.44. The van der Waals surface area contributed by atoms with Gasteiger partial charge < -0.3 is 5.11 Å². The van der Waals surface area contributed by atoms with Crippen molar-refractivity contribution in [1.82, 2.24) is 0 Å². The quantitative estimate of drug-likeness (QED) is 0.485. The van der Waals surface area contributed by atoms with Crippen molar-refractivity contribution in [1.29, 1.82) is 0 Å². The van der Waals surface area contributed by atoms with Gasteiger partial charge >= 0.3 is 0 Å². The molecule has 0 fully saturated rings. The van der Waals surface area contributed by atoms with Crippen LogP contribution in [0.2, 0.25) is 5.02 Å². The minimum atomic E-state index is -0.227. The second-order valence-corrected chi connectivity index (χ2v) is 3.90. The van der Waals surface area contributed by atoms with Crippen molar-refractivity contribution >= 4 is 17.4 Å².